The minimum Gasteiger partial charge on any atom is -0.492 e. The quantitative estimate of drug-likeness (QED) is 0.101. The normalized spacial score (nSPS) is 17.1. The van der Waals surface area contributed by atoms with Crippen molar-refractivity contribution in [2.24, 2.45) is 0 Å². The smallest absolute Gasteiger partial charge is 0.246 e. The number of anilines is 2. The summed E-state index contributed by atoms with van der Waals surface area (Å²) >= 11 is 12.4. The minimum atomic E-state index is -0.245. The first-order valence-electron chi connectivity index (χ1n) is 21.0. The van der Waals surface area contributed by atoms with Gasteiger partial charge < -0.3 is 30.3 Å². The van der Waals surface area contributed by atoms with Crippen LogP contribution in [-0.4, -0.2) is 102 Å². The van der Waals surface area contributed by atoms with Crippen molar-refractivity contribution in [3.05, 3.63) is 129 Å². The molecule has 2 fully saturated rings. The third-order valence-corrected chi connectivity index (χ3v) is 11.2. The predicted octanol–water partition coefficient (Wildman–Crippen LogP) is 8.79. The Morgan fingerprint density at radius 1 is 0.698 bits per heavy atom. The van der Waals surface area contributed by atoms with Crippen LogP contribution >= 0.6 is 23.2 Å². The second-order valence-corrected chi connectivity index (χ2v) is 16.3. The Morgan fingerprint density at radius 3 is 1.56 bits per heavy atom. The highest BCUT2D eigenvalue weighted by Crippen LogP contribution is 2.33. The van der Waals surface area contributed by atoms with E-state index in [1.165, 1.54) is 37.3 Å². The minimum absolute atomic E-state index is 0.0235. The van der Waals surface area contributed by atoms with Gasteiger partial charge in [-0.2, -0.15) is 0 Å². The number of nitrogen functional groups attached to an aromatic ring is 1. The molecule has 0 unspecified atom stereocenters. The number of rotatable bonds is 13. The molecule has 336 valence electrons. The highest BCUT2D eigenvalue weighted by Gasteiger charge is 2.27. The summed E-state index contributed by atoms with van der Waals surface area (Å²) in [6.45, 7) is 15.8. The summed E-state index contributed by atoms with van der Waals surface area (Å²) < 4.78 is 37.3. The topological polar surface area (TPSA) is 121 Å². The van der Waals surface area contributed by atoms with Crippen molar-refractivity contribution in [1.82, 2.24) is 19.6 Å². The average Bonchev–Trinajstić information content (AvgIpc) is 3.23. The van der Waals surface area contributed by atoms with Crippen molar-refractivity contribution in [3.63, 3.8) is 0 Å². The fourth-order valence-electron chi connectivity index (χ4n) is 7.48. The lowest BCUT2D eigenvalue weighted by molar-refractivity contribution is -0.131. The van der Waals surface area contributed by atoms with E-state index in [0.29, 0.717) is 76.9 Å². The van der Waals surface area contributed by atoms with E-state index in [1.54, 1.807) is 66.8 Å². The Kier molecular flexibility index (Phi) is 17.9. The fourth-order valence-corrected chi connectivity index (χ4v) is 7.93. The number of nitrogens with two attached hydrogens (primary N) is 1. The molecule has 2 heterocycles. The van der Waals surface area contributed by atoms with Crippen molar-refractivity contribution >= 4 is 64.5 Å². The Labute approximate surface area is 379 Å². The molecule has 3 N–H and O–H groups in total. The maximum Gasteiger partial charge on any atom is 0.246 e. The van der Waals surface area contributed by atoms with Gasteiger partial charge in [0.15, 0.2) is 0 Å². The first kappa shape index (κ1) is 48.6. The predicted molar refractivity (Wildman–Crippen MR) is 248 cm³/mol. The van der Waals surface area contributed by atoms with Crippen LogP contribution in [0.2, 0.25) is 10.0 Å². The van der Waals surface area contributed by atoms with Gasteiger partial charge in [0.1, 0.15) is 23.1 Å². The van der Waals surface area contributed by atoms with E-state index in [1.807, 2.05) is 37.5 Å². The Hall–Kier alpha value is -5.47. The van der Waals surface area contributed by atoms with Crippen molar-refractivity contribution in [1.29, 1.82) is 0 Å². The lowest BCUT2D eigenvalue weighted by Gasteiger charge is -2.39. The van der Waals surface area contributed by atoms with Gasteiger partial charge in [0.25, 0.3) is 0 Å². The van der Waals surface area contributed by atoms with Crippen LogP contribution in [0, 0.1) is 11.6 Å². The van der Waals surface area contributed by atoms with Crippen LogP contribution < -0.4 is 20.5 Å². The number of piperazine rings is 2. The van der Waals surface area contributed by atoms with Gasteiger partial charge in [-0.15, -0.1) is 0 Å². The molecule has 3 amide bonds. The Bertz CT molecular complexity index is 2260. The number of halogens is 4. The maximum absolute atomic E-state index is 13.1. The molecule has 0 radical (unpaired) electrons. The van der Waals surface area contributed by atoms with Gasteiger partial charge in [-0.3, -0.25) is 24.2 Å². The number of carbonyl (C=O) groups is 3. The summed E-state index contributed by atoms with van der Waals surface area (Å²) in [5, 5.41) is 3.57. The monoisotopic (exact) mass is 904 g/mol. The van der Waals surface area contributed by atoms with Gasteiger partial charge in [-0.05, 0) is 99.5 Å². The van der Waals surface area contributed by atoms with Crippen LogP contribution in [0.25, 0.3) is 12.2 Å². The van der Waals surface area contributed by atoms with Gasteiger partial charge in [-0.25, -0.2) is 8.78 Å². The van der Waals surface area contributed by atoms with E-state index in [9.17, 15) is 23.2 Å². The molecule has 2 aliphatic rings. The third kappa shape index (κ3) is 14.3. The van der Waals surface area contributed by atoms with Crippen LogP contribution in [0.15, 0.2) is 84.9 Å². The third-order valence-electron chi connectivity index (χ3n) is 10.6. The molecular formula is C48H56Cl2F2N6O5. The van der Waals surface area contributed by atoms with Crippen molar-refractivity contribution in [2.75, 3.05) is 63.5 Å². The summed E-state index contributed by atoms with van der Waals surface area (Å²) in [7, 11) is 0. The lowest BCUT2D eigenvalue weighted by Crippen LogP contribution is -2.53. The molecule has 2 atom stereocenters. The van der Waals surface area contributed by atoms with Crippen molar-refractivity contribution < 1.29 is 32.6 Å². The van der Waals surface area contributed by atoms with Gasteiger partial charge in [-0.1, -0.05) is 47.5 Å². The molecule has 2 saturated heterocycles. The number of ether oxygens (including phenoxy) is 2. The Morgan fingerprint density at radius 2 is 1.13 bits per heavy atom. The van der Waals surface area contributed by atoms with Crippen LogP contribution in [0.5, 0.6) is 11.5 Å². The first-order chi connectivity index (χ1) is 30.1. The molecule has 63 heavy (non-hydrogen) atoms. The molecule has 0 saturated carbocycles. The zero-order valence-corrected chi connectivity index (χ0v) is 37.9. The Balaban J connectivity index is 0.000000239. The van der Waals surface area contributed by atoms with E-state index >= 15 is 0 Å². The first-order valence-corrected chi connectivity index (χ1v) is 21.8. The van der Waals surface area contributed by atoms with E-state index < -0.39 is 0 Å². The number of nitrogens with one attached hydrogen (secondary N) is 1. The van der Waals surface area contributed by atoms with E-state index in [4.69, 9.17) is 38.4 Å². The number of benzene rings is 4. The molecule has 0 aromatic heterocycles. The second-order valence-electron chi connectivity index (χ2n) is 15.5. The van der Waals surface area contributed by atoms with Crippen LogP contribution in [0.4, 0.5) is 20.2 Å². The van der Waals surface area contributed by atoms with Crippen LogP contribution in [-0.2, 0) is 27.5 Å². The van der Waals surface area contributed by atoms with Crippen LogP contribution in [0.1, 0.15) is 56.9 Å². The van der Waals surface area contributed by atoms with E-state index in [-0.39, 0.29) is 41.4 Å². The van der Waals surface area contributed by atoms with Crippen molar-refractivity contribution in [2.45, 2.75) is 59.8 Å². The number of hydrogen-bond acceptors (Lipinski definition) is 8. The molecule has 2 aliphatic heterocycles. The SMILES string of the molecule is CCOc1cc(/C=C/C(=O)N2CCN(Cc3ccc(F)cc3)C[C@H]2C)c(N)cc1Cl.CCOc1cc(/C=C/C(=O)N2CCN(Cc3ccc(F)cc3)C[C@H]2C)c(NC(C)=O)cc1Cl. The zero-order valence-electron chi connectivity index (χ0n) is 36.4. The summed E-state index contributed by atoms with van der Waals surface area (Å²) in [6, 6.07) is 19.9. The molecule has 0 aliphatic carbocycles. The number of nitrogens with zero attached hydrogens (tertiary/aromatic N) is 4. The molecule has 6 rings (SSSR count). The molecule has 0 spiro atoms. The standard InChI is InChI=1S/C25H29ClFN3O3.C23H27ClFN3O2/c1-4-33-24-13-20(23(14-22(24)26)28-18(3)31)7-10-25(32)30-12-11-29(15-17(30)2)16-19-5-8-21(27)9-6-19;1-3-30-22-12-18(21(26)13-20(22)24)6-9-23(29)28-11-10-27(14-16(28)2)15-17-4-7-19(25)8-5-17/h5-10,13-14,17H,4,11-12,15-16H2,1-3H3,(H,28,31);4-9,12-13,16H,3,10-11,14-15,26H2,1-2H3/b10-7+;9-6+/t17-;16-/m11/s1. The lowest BCUT2D eigenvalue weighted by atomic mass is 10.1. The molecule has 4 aromatic carbocycles. The number of amides is 3. The van der Waals surface area contributed by atoms with E-state index in [2.05, 4.69) is 15.1 Å². The molecule has 11 nitrogen and oxygen atoms in total. The second kappa shape index (κ2) is 23.3. The largest absolute Gasteiger partial charge is 0.492 e. The fraction of sp³-hybridized carbons (Fsp3) is 0.354. The van der Waals surface area contributed by atoms with Crippen LogP contribution in [0.3, 0.4) is 0 Å². The van der Waals surface area contributed by atoms with Gasteiger partial charge in [0, 0.05) is 106 Å². The van der Waals surface area contributed by atoms with Crippen molar-refractivity contribution in [3.8, 4) is 11.5 Å². The highest BCUT2D eigenvalue weighted by atomic mass is 35.5. The summed E-state index contributed by atoms with van der Waals surface area (Å²) in [4.78, 5) is 45.5. The maximum atomic E-state index is 13.1. The molecule has 15 heteroatoms. The summed E-state index contributed by atoms with van der Waals surface area (Å²) in [5.74, 6) is 0.157. The van der Waals surface area contributed by atoms with Gasteiger partial charge >= 0.3 is 0 Å². The molecule has 4 aromatic rings. The average molecular weight is 906 g/mol. The summed E-state index contributed by atoms with van der Waals surface area (Å²) in [6.07, 6.45) is 6.43. The van der Waals surface area contributed by atoms with Gasteiger partial charge in [0.2, 0.25) is 17.7 Å². The number of carbonyl (C=O) groups excluding carboxylic acids is 3. The summed E-state index contributed by atoms with van der Waals surface area (Å²) in [5.41, 5.74) is 10.5. The zero-order chi connectivity index (χ0) is 45.6. The molecular weight excluding hydrogens is 849 g/mol. The highest BCUT2D eigenvalue weighted by molar-refractivity contribution is 6.32. The van der Waals surface area contributed by atoms with E-state index in [0.717, 1.165) is 43.9 Å². The van der Waals surface area contributed by atoms with Gasteiger partial charge in [0.05, 0.1) is 23.3 Å². The molecule has 0 bridgehead atoms. The number of hydrogen-bond donors (Lipinski definition) is 2.